The van der Waals surface area contributed by atoms with Crippen LogP contribution in [0.1, 0.15) is 37.9 Å². The number of aryl methyl sites for hydroxylation is 1. The minimum Gasteiger partial charge on any atom is -0.367 e. The minimum atomic E-state index is -0.397. The van der Waals surface area contributed by atoms with Crippen molar-refractivity contribution < 1.29 is 4.79 Å². The normalized spacial score (nSPS) is 17.9. The van der Waals surface area contributed by atoms with E-state index in [1.54, 1.807) is 0 Å². The summed E-state index contributed by atoms with van der Waals surface area (Å²) in [4.78, 5) is 17.5. The molecule has 1 unspecified atom stereocenters. The van der Waals surface area contributed by atoms with E-state index in [4.69, 9.17) is 11.6 Å². The standard InChI is InChI=1S/C22H26BrClN2O/c1-15-13-18(24)9-10-19(15)25-11-12-26(21(27)22(2,3)4)20(14-25)16-5-7-17(23)8-6-16/h5-10,13,20H,11-12,14H2,1-4H3. The molecule has 1 amide bonds. The lowest BCUT2D eigenvalue weighted by Crippen LogP contribution is -2.53. The Hall–Kier alpha value is -1.52. The van der Waals surface area contributed by atoms with Crippen molar-refractivity contribution in [3.05, 3.63) is 63.1 Å². The minimum absolute atomic E-state index is 0.0219. The van der Waals surface area contributed by atoms with Crippen LogP contribution in [0.5, 0.6) is 0 Å². The Kier molecular flexibility index (Phi) is 5.87. The Morgan fingerprint density at radius 1 is 1.11 bits per heavy atom. The number of hydrogen-bond acceptors (Lipinski definition) is 2. The molecule has 1 saturated heterocycles. The van der Waals surface area contributed by atoms with E-state index in [-0.39, 0.29) is 11.9 Å². The fourth-order valence-electron chi connectivity index (χ4n) is 3.62. The Morgan fingerprint density at radius 3 is 2.37 bits per heavy atom. The number of carbonyl (C=O) groups excluding carboxylic acids is 1. The van der Waals surface area contributed by atoms with E-state index in [1.165, 1.54) is 5.69 Å². The number of rotatable bonds is 2. The van der Waals surface area contributed by atoms with Gasteiger partial charge in [0, 0.05) is 40.2 Å². The molecule has 1 atom stereocenters. The van der Waals surface area contributed by atoms with Gasteiger partial charge in [0.1, 0.15) is 0 Å². The lowest BCUT2D eigenvalue weighted by molar-refractivity contribution is -0.142. The number of hydrogen-bond donors (Lipinski definition) is 0. The maximum absolute atomic E-state index is 13.1. The molecule has 0 spiro atoms. The van der Waals surface area contributed by atoms with E-state index in [9.17, 15) is 4.79 Å². The third kappa shape index (κ3) is 4.49. The maximum atomic E-state index is 13.1. The summed E-state index contributed by atoms with van der Waals surface area (Å²) in [6.07, 6.45) is 0. The second-order valence-electron chi connectivity index (χ2n) is 8.19. The van der Waals surface area contributed by atoms with Crippen LogP contribution >= 0.6 is 27.5 Å². The van der Waals surface area contributed by atoms with Crippen LogP contribution in [0.3, 0.4) is 0 Å². The van der Waals surface area contributed by atoms with E-state index in [0.717, 1.165) is 33.7 Å². The van der Waals surface area contributed by atoms with Gasteiger partial charge in [-0.1, -0.05) is 60.4 Å². The molecule has 0 aliphatic carbocycles. The molecule has 5 heteroatoms. The van der Waals surface area contributed by atoms with Gasteiger partial charge in [-0.2, -0.15) is 0 Å². The lowest BCUT2D eigenvalue weighted by Gasteiger charge is -2.45. The van der Waals surface area contributed by atoms with Gasteiger partial charge in [0.2, 0.25) is 5.91 Å². The average Bonchev–Trinajstić information content (AvgIpc) is 2.60. The van der Waals surface area contributed by atoms with Crippen molar-refractivity contribution in [3.8, 4) is 0 Å². The Labute approximate surface area is 175 Å². The van der Waals surface area contributed by atoms with Crippen LogP contribution in [0.2, 0.25) is 5.02 Å². The molecule has 0 radical (unpaired) electrons. The molecule has 27 heavy (non-hydrogen) atoms. The summed E-state index contributed by atoms with van der Waals surface area (Å²) in [7, 11) is 0. The average molecular weight is 450 g/mol. The third-order valence-corrected chi connectivity index (χ3v) is 5.80. The van der Waals surface area contributed by atoms with Crippen LogP contribution in [-0.4, -0.2) is 30.4 Å². The molecule has 1 fully saturated rings. The predicted molar refractivity (Wildman–Crippen MR) is 116 cm³/mol. The Morgan fingerprint density at radius 2 is 1.78 bits per heavy atom. The first-order chi connectivity index (χ1) is 12.7. The number of amides is 1. The molecule has 1 aliphatic heterocycles. The smallest absolute Gasteiger partial charge is 0.228 e. The van der Waals surface area contributed by atoms with E-state index in [0.29, 0.717) is 6.54 Å². The molecule has 144 valence electrons. The maximum Gasteiger partial charge on any atom is 0.228 e. The molecular formula is C22H26BrClN2O. The van der Waals surface area contributed by atoms with Gasteiger partial charge in [-0.3, -0.25) is 4.79 Å². The molecule has 3 rings (SSSR count). The quantitative estimate of drug-likeness (QED) is 0.574. The van der Waals surface area contributed by atoms with Crippen LogP contribution in [0, 0.1) is 12.3 Å². The van der Waals surface area contributed by atoms with E-state index >= 15 is 0 Å². The first-order valence-corrected chi connectivity index (χ1v) is 10.4. The lowest BCUT2D eigenvalue weighted by atomic mass is 9.91. The van der Waals surface area contributed by atoms with Crippen LogP contribution in [0.15, 0.2) is 46.9 Å². The van der Waals surface area contributed by atoms with Gasteiger partial charge in [0.15, 0.2) is 0 Å². The van der Waals surface area contributed by atoms with Crippen LogP contribution in [0.25, 0.3) is 0 Å². The molecule has 3 nitrogen and oxygen atoms in total. The highest BCUT2D eigenvalue weighted by Gasteiger charge is 2.36. The molecule has 2 aromatic rings. The number of nitrogens with zero attached hydrogens (tertiary/aromatic N) is 2. The summed E-state index contributed by atoms with van der Waals surface area (Å²) in [5, 5.41) is 0.752. The van der Waals surface area contributed by atoms with Crippen LogP contribution in [0.4, 0.5) is 5.69 Å². The van der Waals surface area contributed by atoms with Gasteiger partial charge >= 0.3 is 0 Å². The number of anilines is 1. The fraction of sp³-hybridized carbons (Fsp3) is 0.409. The van der Waals surface area contributed by atoms with Gasteiger partial charge in [-0.15, -0.1) is 0 Å². The number of carbonyl (C=O) groups is 1. The Bertz CT molecular complexity index is 829. The highest BCUT2D eigenvalue weighted by atomic mass is 79.9. The molecule has 1 aliphatic rings. The van der Waals surface area contributed by atoms with Crippen molar-refractivity contribution in [1.82, 2.24) is 4.90 Å². The van der Waals surface area contributed by atoms with Gasteiger partial charge in [-0.25, -0.2) is 0 Å². The number of piperazine rings is 1. The number of benzene rings is 2. The summed E-state index contributed by atoms with van der Waals surface area (Å²) >= 11 is 9.64. The zero-order valence-electron chi connectivity index (χ0n) is 16.3. The summed E-state index contributed by atoms with van der Waals surface area (Å²) in [5.74, 6) is 0.197. The summed E-state index contributed by atoms with van der Waals surface area (Å²) in [6, 6.07) is 14.3. The van der Waals surface area contributed by atoms with Crippen LogP contribution < -0.4 is 4.90 Å². The second-order valence-corrected chi connectivity index (χ2v) is 9.54. The van der Waals surface area contributed by atoms with Crippen molar-refractivity contribution >= 4 is 39.1 Å². The summed E-state index contributed by atoms with van der Waals surface area (Å²) in [6.45, 7) is 10.3. The number of halogens is 2. The van der Waals surface area contributed by atoms with Crippen LogP contribution in [-0.2, 0) is 4.79 Å². The first kappa shape index (κ1) is 20.2. The molecule has 0 bridgehead atoms. The molecule has 1 heterocycles. The van der Waals surface area contributed by atoms with Crippen molar-refractivity contribution in [1.29, 1.82) is 0 Å². The van der Waals surface area contributed by atoms with Crippen molar-refractivity contribution in [2.24, 2.45) is 5.41 Å². The van der Waals surface area contributed by atoms with E-state index in [1.807, 2.05) is 49.9 Å². The predicted octanol–water partition coefficient (Wildman–Crippen LogP) is 5.85. The van der Waals surface area contributed by atoms with Gasteiger partial charge < -0.3 is 9.80 Å². The second kappa shape index (κ2) is 7.84. The highest BCUT2D eigenvalue weighted by Crippen LogP contribution is 2.34. The van der Waals surface area contributed by atoms with Crippen molar-refractivity contribution in [3.63, 3.8) is 0 Å². The van der Waals surface area contributed by atoms with E-state index in [2.05, 4.69) is 46.0 Å². The van der Waals surface area contributed by atoms with Gasteiger partial charge in [0.25, 0.3) is 0 Å². The van der Waals surface area contributed by atoms with E-state index < -0.39 is 5.41 Å². The van der Waals surface area contributed by atoms with Crippen molar-refractivity contribution in [2.45, 2.75) is 33.7 Å². The molecular weight excluding hydrogens is 424 g/mol. The first-order valence-electron chi connectivity index (χ1n) is 9.24. The SMILES string of the molecule is Cc1cc(Cl)ccc1N1CCN(C(=O)C(C)(C)C)C(c2ccc(Br)cc2)C1. The Balaban J connectivity index is 1.95. The molecule has 0 aromatic heterocycles. The van der Waals surface area contributed by atoms with Gasteiger partial charge in [0.05, 0.1) is 6.04 Å². The largest absolute Gasteiger partial charge is 0.367 e. The monoisotopic (exact) mass is 448 g/mol. The summed E-state index contributed by atoms with van der Waals surface area (Å²) in [5.41, 5.74) is 3.11. The zero-order chi connectivity index (χ0) is 19.8. The topological polar surface area (TPSA) is 23.6 Å². The van der Waals surface area contributed by atoms with Gasteiger partial charge in [-0.05, 0) is 48.4 Å². The third-order valence-electron chi connectivity index (χ3n) is 5.04. The molecule has 2 aromatic carbocycles. The molecule has 0 saturated carbocycles. The zero-order valence-corrected chi connectivity index (χ0v) is 18.6. The van der Waals surface area contributed by atoms with Crippen molar-refractivity contribution in [2.75, 3.05) is 24.5 Å². The highest BCUT2D eigenvalue weighted by molar-refractivity contribution is 9.10. The molecule has 0 N–H and O–H groups in total. The summed E-state index contributed by atoms with van der Waals surface area (Å²) < 4.78 is 1.04. The fourth-order valence-corrected chi connectivity index (χ4v) is 4.11.